The van der Waals surface area contributed by atoms with E-state index < -0.39 is 0 Å². The highest BCUT2D eigenvalue weighted by Gasteiger charge is 2.19. The summed E-state index contributed by atoms with van der Waals surface area (Å²) in [4.78, 5) is 30.5. The van der Waals surface area contributed by atoms with Gasteiger partial charge in [-0.1, -0.05) is 12.1 Å². The lowest BCUT2D eigenvalue weighted by atomic mass is 10.2. The fourth-order valence-corrected chi connectivity index (χ4v) is 3.17. The molecule has 0 spiro atoms. The summed E-state index contributed by atoms with van der Waals surface area (Å²) in [5.41, 5.74) is 6.95. The summed E-state index contributed by atoms with van der Waals surface area (Å²) < 4.78 is 0. The van der Waals surface area contributed by atoms with Gasteiger partial charge in [0, 0.05) is 25.0 Å². The van der Waals surface area contributed by atoms with E-state index in [1.165, 1.54) is 11.3 Å². The van der Waals surface area contributed by atoms with Crippen LogP contribution in [0.15, 0.2) is 29.6 Å². The van der Waals surface area contributed by atoms with Gasteiger partial charge in [-0.3, -0.25) is 4.79 Å². The zero-order chi connectivity index (χ0) is 16.9. The summed E-state index contributed by atoms with van der Waals surface area (Å²) in [7, 11) is 0. The summed E-state index contributed by atoms with van der Waals surface area (Å²) in [6.07, 6.45) is 2.05. The van der Waals surface area contributed by atoms with Crippen molar-refractivity contribution in [3.63, 3.8) is 0 Å². The molecule has 7 nitrogen and oxygen atoms in total. The molecule has 2 aromatic rings. The molecule has 1 aliphatic heterocycles. The normalized spacial score (nSPS) is 13.8. The molecule has 0 bridgehead atoms. The minimum Gasteiger partial charge on any atom is -0.325 e. The summed E-state index contributed by atoms with van der Waals surface area (Å²) >= 11 is 1.35. The lowest BCUT2D eigenvalue weighted by molar-refractivity contribution is 0.102. The van der Waals surface area contributed by atoms with E-state index in [2.05, 4.69) is 15.6 Å². The molecular weight excluding hydrogens is 326 g/mol. The quantitative estimate of drug-likeness (QED) is 0.792. The first-order valence-corrected chi connectivity index (χ1v) is 8.66. The largest absolute Gasteiger partial charge is 0.325 e. The maximum atomic E-state index is 12.3. The maximum absolute atomic E-state index is 12.3. The van der Waals surface area contributed by atoms with Crippen LogP contribution in [0.1, 0.15) is 28.3 Å². The number of anilines is 2. The Morgan fingerprint density at radius 2 is 1.83 bits per heavy atom. The molecule has 1 aromatic carbocycles. The van der Waals surface area contributed by atoms with Gasteiger partial charge in [0.25, 0.3) is 5.91 Å². The predicted octanol–water partition coefficient (Wildman–Crippen LogP) is 2.48. The number of nitrogens with two attached hydrogens (primary N) is 1. The Bertz CT molecular complexity index is 740. The number of para-hydroxylation sites is 2. The third-order valence-corrected chi connectivity index (χ3v) is 4.64. The van der Waals surface area contributed by atoms with E-state index in [4.69, 9.17) is 5.73 Å². The predicted molar refractivity (Wildman–Crippen MR) is 94.2 cm³/mol. The second-order valence-electron chi connectivity index (χ2n) is 5.45. The molecule has 0 saturated carbocycles. The van der Waals surface area contributed by atoms with Crippen molar-refractivity contribution < 1.29 is 9.59 Å². The number of likely N-dealkylation sites (tertiary alicyclic amines) is 1. The topological polar surface area (TPSA) is 100 Å². The van der Waals surface area contributed by atoms with E-state index in [9.17, 15) is 9.59 Å². The summed E-state index contributed by atoms with van der Waals surface area (Å²) in [5.74, 6) is -0.325. The molecule has 8 heteroatoms. The van der Waals surface area contributed by atoms with E-state index in [1.54, 1.807) is 28.5 Å². The molecule has 1 aromatic heterocycles. The van der Waals surface area contributed by atoms with Crippen LogP contribution in [0, 0.1) is 0 Å². The van der Waals surface area contributed by atoms with Crippen molar-refractivity contribution >= 4 is 34.6 Å². The van der Waals surface area contributed by atoms with Gasteiger partial charge in [-0.15, -0.1) is 11.3 Å². The SMILES string of the molecule is NCc1nc(C(=O)Nc2ccccc2NC(=O)N2CCCC2)cs1. The minimum atomic E-state index is -0.325. The number of hydrogen-bond acceptors (Lipinski definition) is 5. The zero-order valence-corrected chi connectivity index (χ0v) is 13.9. The standard InChI is InChI=1S/C16H19N5O2S/c17-9-14-18-13(10-24-14)15(22)19-11-5-1-2-6-12(11)20-16(23)21-7-3-4-8-21/h1-2,5-6,10H,3-4,7-9,17H2,(H,19,22)(H,20,23). The van der Waals surface area contributed by atoms with Crippen molar-refractivity contribution in [2.45, 2.75) is 19.4 Å². The smallest absolute Gasteiger partial charge is 0.321 e. The van der Waals surface area contributed by atoms with Crippen LogP contribution in [-0.2, 0) is 6.54 Å². The number of amides is 3. The second-order valence-corrected chi connectivity index (χ2v) is 6.40. The van der Waals surface area contributed by atoms with Gasteiger partial charge in [-0.05, 0) is 25.0 Å². The molecule has 0 radical (unpaired) electrons. The van der Waals surface area contributed by atoms with Crippen LogP contribution in [0.3, 0.4) is 0 Å². The van der Waals surface area contributed by atoms with Gasteiger partial charge in [0.1, 0.15) is 10.7 Å². The highest BCUT2D eigenvalue weighted by Crippen LogP contribution is 2.23. The van der Waals surface area contributed by atoms with Crippen molar-refractivity contribution in [3.05, 3.63) is 40.3 Å². The molecule has 1 aliphatic rings. The summed E-state index contributed by atoms with van der Waals surface area (Å²) in [6, 6.07) is 6.97. The number of urea groups is 1. The number of rotatable bonds is 4. The van der Waals surface area contributed by atoms with Gasteiger partial charge in [-0.25, -0.2) is 9.78 Å². The third kappa shape index (κ3) is 3.72. The van der Waals surface area contributed by atoms with Crippen LogP contribution in [0.4, 0.5) is 16.2 Å². The fourth-order valence-electron chi connectivity index (χ4n) is 2.51. The van der Waals surface area contributed by atoms with E-state index in [0.717, 1.165) is 25.9 Å². The molecule has 126 valence electrons. The van der Waals surface area contributed by atoms with Crippen LogP contribution in [0.25, 0.3) is 0 Å². The molecule has 1 saturated heterocycles. The van der Waals surface area contributed by atoms with E-state index in [-0.39, 0.29) is 11.9 Å². The number of thiazole rings is 1. The zero-order valence-electron chi connectivity index (χ0n) is 13.1. The van der Waals surface area contributed by atoms with Crippen molar-refractivity contribution in [1.82, 2.24) is 9.88 Å². The molecular formula is C16H19N5O2S. The lowest BCUT2D eigenvalue weighted by Crippen LogP contribution is -2.32. The number of hydrogen-bond donors (Lipinski definition) is 3. The van der Waals surface area contributed by atoms with Crippen molar-refractivity contribution in [2.24, 2.45) is 5.73 Å². The molecule has 4 N–H and O–H groups in total. The lowest BCUT2D eigenvalue weighted by Gasteiger charge is -2.18. The van der Waals surface area contributed by atoms with Crippen LogP contribution in [0.2, 0.25) is 0 Å². The first kappa shape index (κ1) is 16.4. The molecule has 1 fully saturated rings. The number of carbonyl (C=O) groups is 2. The van der Waals surface area contributed by atoms with Gasteiger partial charge in [-0.2, -0.15) is 0 Å². The molecule has 0 unspecified atom stereocenters. The average Bonchev–Trinajstić information content (AvgIpc) is 3.28. The van der Waals surface area contributed by atoms with Crippen molar-refractivity contribution in [2.75, 3.05) is 23.7 Å². The molecule has 2 heterocycles. The average molecular weight is 345 g/mol. The Balaban J connectivity index is 1.71. The number of nitrogens with one attached hydrogen (secondary N) is 2. The van der Waals surface area contributed by atoms with Crippen molar-refractivity contribution in [1.29, 1.82) is 0 Å². The first-order chi connectivity index (χ1) is 11.7. The summed E-state index contributed by atoms with van der Waals surface area (Å²) in [6.45, 7) is 1.84. The maximum Gasteiger partial charge on any atom is 0.321 e. The van der Waals surface area contributed by atoms with Gasteiger partial charge in [0.05, 0.1) is 11.4 Å². The number of benzene rings is 1. The van der Waals surface area contributed by atoms with E-state index in [0.29, 0.717) is 28.6 Å². The van der Waals surface area contributed by atoms with Crippen molar-refractivity contribution in [3.8, 4) is 0 Å². The highest BCUT2D eigenvalue weighted by atomic mass is 32.1. The van der Waals surface area contributed by atoms with Crippen LogP contribution in [0.5, 0.6) is 0 Å². The number of nitrogens with zero attached hydrogens (tertiary/aromatic N) is 2. The third-order valence-electron chi connectivity index (χ3n) is 3.77. The Hall–Kier alpha value is -2.45. The Morgan fingerprint density at radius 1 is 1.17 bits per heavy atom. The van der Waals surface area contributed by atoms with Gasteiger partial charge in [0.2, 0.25) is 0 Å². The van der Waals surface area contributed by atoms with Crippen LogP contribution in [-0.4, -0.2) is 34.9 Å². The van der Waals surface area contributed by atoms with Crippen LogP contribution >= 0.6 is 11.3 Å². The van der Waals surface area contributed by atoms with Crippen LogP contribution < -0.4 is 16.4 Å². The van der Waals surface area contributed by atoms with E-state index >= 15 is 0 Å². The molecule has 3 amide bonds. The van der Waals surface area contributed by atoms with Gasteiger partial charge in [0.15, 0.2) is 0 Å². The number of aromatic nitrogens is 1. The molecule has 24 heavy (non-hydrogen) atoms. The molecule has 0 aliphatic carbocycles. The Labute approximate surface area is 143 Å². The molecule has 3 rings (SSSR count). The first-order valence-electron chi connectivity index (χ1n) is 7.78. The highest BCUT2D eigenvalue weighted by molar-refractivity contribution is 7.09. The summed E-state index contributed by atoms with van der Waals surface area (Å²) in [5, 5.41) is 8.03. The van der Waals surface area contributed by atoms with Gasteiger partial charge < -0.3 is 21.3 Å². The van der Waals surface area contributed by atoms with Gasteiger partial charge >= 0.3 is 6.03 Å². The van der Waals surface area contributed by atoms with E-state index in [1.807, 2.05) is 6.07 Å². The monoisotopic (exact) mass is 345 g/mol. The minimum absolute atomic E-state index is 0.145. The fraction of sp³-hybridized carbons (Fsp3) is 0.312. The Kier molecular flexibility index (Phi) is 5.07. The molecule has 0 atom stereocenters. The second kappa shape index (κ2) is 7.41. The Morgan fingerprint density at radius 3 is 2.46 bits per heavy atom. The number of carbonyl (C=O) groups excluding carboxylic acids is 2.